The summed E-state index contributed by atoms with van der Waals surface area (Å²) in [6.45, 7) is 3.72. The van der Waals surface area contributed by atoms with Gasteiger partial charge in [0.1, 0.15) is 0 Å². The third-order valence-electron chi connectivity index (χ3n) is 4.96. The molecular formula is C23H28N2O4S. The monoisotopic (exact) mass is 428 g/mol. The number of ether oxygens (including phenoxy) is 1. The quantitative estimate of drug-likeness (QED) is 0.651. The first-order valence-electron chi connectivity index (χ1n) is 10.2. The van der Waals surface area contributed by atoms with E-state index < -0.39 is 10.0 Å². The van der Waals surface area contributed by atoms with Crippen LogP contribution in [0, 0.1) is 0 Å². The van der Waals surface area contributed by atoms with E-state index in [4.69, 9.17) is 4.74 Å². The Kier molecular flexibility index (Phi) is 7.79. The highest BCUT2D eigenvalue weighted by molar-refractivity contribution is 7.89. The number of unbranched alkanes of at least 4 members (excludes halogenated alkanes) is 1. The van der Waals surface area contributed by atoms with Gasteiger partial charge in [0.15, 0.2) is 0 Å². The number of sulfonamides is 1. The van der Waals surface area contributed by atoms with Crippen molar-refractivity contribution >= 4 is 27.7 Å². The molecule has 1 fully saturated rings. The highest BCUT2D eigenvalue weighted by Gasteiger charge is 2.25. The molecule has 6 nitrogen and oxygen atoms in total. The molecular weight excluding hydrogens is 400 g/mol. The van der Waals surface area contributed by atoms with Gasteiger partial charge in [-0.2, -0.15) is 4.31 Å². The predicted octanol–water partition coefficient (Wildman–Crippen LogP) is 3.70. The van der Waals surface area contributed by atoms with Crippen LogP contribution >= 0.6 is 0 Å². The van der Waals surface area contributed by atoms with Crippen molar-refractivity contribution in [1.29, 1.82) is 0 Å². The van der Waals surface area contributed by atoms with E-state index >= 15 is 0 Å². The molecule has 160 valence electrons. The van der Waals surface area contributed by atoms with Crippen LogP contribution in [0.5, 0.6) is 0 Å². The summed E-state index contributed by atoms with van der Waals surface area (Å²) in [6.07, 6.45) is 6.46. The first kappa shape index (κ1) is 22.2. The van der Waals surface area contributed by atoms with E-state index in [1.807, 2.05) is 24.3 Å². The molecule has 1 aliphatic heterocycles. The molecule has 1 N–H and O–H groups in total. The maximum atomic E-state index is 12.6. The molecule has 0 aromatic heterocycles. The van der Waals surface area contributed by atoms with Crippen LogP contribution < -0.4 is 5.32 Å². The number of nitrogens with zero attached hydrogens (tertiary/aromatic N) is 1. The summed E-state index contributed by atoms with van der Waals surface area (Å²) in [5, 5.41) is 2.83. The van der Waals surface area contributed by atoms with Crippen LogP contribution in [0.4, 0.5) is 5.69 Å². The topological polar surface area (TPSA) is 75.7 Å². The number of carbonyl (C=O) groups is 1. The lowest BCUT2D eigenvalue weighted by molar-refractivity contribution is -0.111. The van der Waals surface area contributed by atoms with Gasteiger partial charge in [-0.25, -0.2) is 8.42 Å². The Hall–Kier alpha value is -2.48. The normalized spacial score (nSPS) is 15.4. The van der Waals surface area contributed by atoms with Gasteiger partial charge in [-0.15, -0.1) is 0 Å². The molecule has 1 amide bonds. The molecule has 1 saturated heterocycles. The first-order valence-corrected chi connectivity index (χ1v) is 11.7. The lowest BCUT2D eigenvalue weighted by atomic mass is 10.1. The second kappa shape index (κ2) is 10.5. The standard InChI is InChI=1S/C23H28N2O4S/c1-2-3-4-19-5-10-21(11-6-19)24-23(26)14-9-20-7-12-22(13-8-20)30(27,28)25-15-17-29-18-16-25/h5-14H,2-4,15-18H2,1H3,(H,24,26)/b14-9+. The summed E-state index contributed by atoms with van der Waals surface area (Å²) in [5.41, 5.74) is 2.76. The molecule has 0 spiro atoms. The second-order valence-corrected chi connectivity index (χ2v) is 9.15. The Morgan fingerprint density at radius 2 is 1.73 bits per heavy atom. The maximum Gasteiger partial charge on any atom is 0.248 e. The highest BCUT2D eigenvalue weighted by atomic mass is 32.2. The Morgan fingerprint density at radius 3 is 2.37 bits per heavy atom. The Bertz CT molecular complexity index is 961. The summed E-state index contributed by atoms with van der Waals surface area (Å²) < 4.78 is 31.9. The van der Waals surface area contributed by atoms with Crippen molar-refractivity contribution in [2.75, 3.05) is 31.6 Å². The summed E-state index contributed by atoms with van der Waals surface area (Å²) >= 11 is 0. The first-order chi connectivity index (χ1) is 14.5. The van der Waals surface area contributed by atoms with Crippen LogP contribution in [-0.2, 0) is 26.0 Å². The lowest BCUT2D eigenvalue weighted by Gasteiger charge is -2.26. The van der Waals surface area contributed by atoms with E-state index in [1.54, 1.807) is 30.3 Å². The molecule has 0 aliphatic carbocycles. The maximum absolute atomic E-state index is 12.6. The molecule has 7 heteroatoms. The van der Waals surface area contributed by atoms with Crippen LogP contribution in [-0.4, -0.2) is 44.9 Å². The largest absolute Gasteiger partial charge is 0.379 e. The van der Waals surface area contributed by atoms with Crippen molar-refractivity contribution in [2.45, 2.75) is 31.1 Å². The summed E-state index contributed by atoms with van der Waals surface area (Å²) in [6, 6.07) is 14.4. The fourth-order valence-corrected chi connectivity index (χ4v) is 4.59. The molecule has 3 rings (SSSR count). The molecule has 0 unspecified atom stereocenters. The van der Waals surface area contributed by atoms with E-state index in [0.29, 0.717) is 26.3 Å². The molecule has 1 aliphatic rings. The SMILES string of the molecule is CCCCc1ccc(NC(=O)/C=C/c2ccc(S(=O)(=O)N3CCOCC3)cc2)cc1. The Morgan fingerprint density at radius 1 is 1.07 bits per heavy atom. The number of hydrogen-bond acceptors (Lipinski definition) is 4. The Labute approximate surface area is 178 Å². The van der Waals surface area contributed by atoms with Crippen molar-refractivity contribution in [1.82, 2.24) is 4.31 Å². The minimum absolute atomic E-state index is 0.235. The van der Waals surface area contributed by atoms with Crippen LogP contribution in [0.3, 0.4) is 0 Å². The minimum atomic E-state index is -3.51. The number of benzene rings is 2. The van der Waals surface area contributed by atoms with Crippen molar-refractivity contribution in [3.05, 3.63) is 65.7 Å². The van der Waals surface area contributed by atoms with E-state index in [1.165, 1.54) is 15.9 Å². The molecule has 2 aromatic carbocycles. The van der Waals surface area contributed by atoms with Crippen molar-refractivity contribution in [2.24, 2.45) is 0 Å². The van der Waals surface area contributed by atoms with Gasteiger partial charge < -0.3 is 10.1 Å². The minimum Gasteiger partial charge on any atom is -0.379 e. The zero-order valence-electron chi connectivity index (χ0n) is 17.2. The van der Waals surface area contributed by atoms with Crippen LogP contribution in [0.2, 0.25) is 0 Å². The summed E-state index contributed by atoms with van der Waals surface area (Å²) in [7, 11) is -3.51. The number of hydrogen-bond donors (Lipinski definition) is 1. The Balaban J connectivity index is 1.57. The van der Waals surface area contributed by atoms with Crippen molar-refractivity contribution in [3.8, 4) is 0 Å². The highest BCUT2D eigenvalue weighted by Crippen LogP contribution is 2.18. The molecule has 30 heavy (non-hydrogen) atoms. The van der Waals surface area contributed by atoms with Crippen LogP contribution in [0.25, 0.3) is 6.08 Å². The fourth-order valence-electron chi connectivity index (χ4n) is 3.18. The molecule has 0 radical (unpaired) electrons. The van der Waals surface area contributed by atoms with Crippen LogP contribution in [0.1, 0.15) is 30.9 Å². The second-order valence-electron chi connectivity index (χ2n) is 7.21. The number of morpholine rings is 1. The van der Waals surface area contributed by atoms with Gasteiger partial charge in [0, 0.05) is 24.9 Å². The average Bonchev–Trinajstić information content (AvgIpc) is 2.78. The van der Waals surface area contributed by atoms with E-state index in [0.717, 1.165) is 30.5 Å². The number of rotatable bonds is 8. The molecule has 0 saturated carbocycles. The van der Waals surface area contributed by atoms with Gasteiger partial charge in [0.2, 0.25) is 15.9 Å². The number of carbonyl (C=O) groups excluding carboxylic acids is 1. The lowest BCUT2D eigenvalue weighted by Crippen LogP contribution is -2.40. The third kappa shape index (κ3) is 6.01. The third-order valence-corrected chi connectivity index (χ3v) is 6.87. The van der Waals surface area contributed by atoms with Gasteiger partial charge in [-0.1, -0.05) is 37.6 Å². The van der Waals surface area contributed by atoms with E-state index in [2.05, 4.69) is 12.2 Å². The van der Waals surface area contributed by atoms with E-state index in [9.17, 15) is 13.2 Å². The van der Waals surface area contributed by atoms with Gasteiger partial charge in [-0.05, 0) is 54.3 Å². The molecule has 0 atom stereocenters. The fraction of sp³-hybridized carbons (Fsp3) is 0.348. The summed E-state index contributed by atoms with van der Waals surface area (Å²) in [5.74, 6) is -0.235. The average molecular weight is 429 g/mol. The van der Waals surface area contributed by atoms with Gasteiger partial charge in [0.25, 0.3) is 0 Å². The van der Waals surface area contributed by atoms with E-state index in [-0.39, 0.29) is 10.8 Å². The van der Waals surface area contributed by atoms with Crippen molar-refractivity contribution in [3.63, 3.8) is 0 Å². The van der Waals surface area contributed by atoms with Crippen LogP contribution in [0.15, 0.2) is 59.5 Å². The van der Waals surface area contributed by atoms with Gasteiger partial charge in [0.05, 0.1) is 18.1 Å². The van der Waals surface area contributed by atoms with Gasteiger partial charge in [-0.3, -0.25) is 4.79 Å². The smallest absolute Gasteiger partial charge is 0.248 e. The zero-order valence-corrected chi connectivity index (χ0v) is 18.0. The number of amides is 1. The van der Waals surface area contributed by atoms with Crippen molar-refractivity contribution < 1.29 is 17.9 Å². The summed E-state index contributed by atoms with van der Waals surface area (Å²) in [4.78, 5) is 12.4. The molecule has 0 bridgehead atoms. The predicted molar refractivity (Wildman–Crippen MR) is 119 cm³/mol. The molecule has 1 heterocycles. The zero-order chi connectivity index (χ0) is 21.4. The number of anilines is 1. The number of nitrogens with one attached hydrogen (secondary N) is 1. The molecule has 2 aromatic rings. The van der Waals surface area contributed by atoms with Gasteiger partial charge >= 0.3 is 0 Å². The number of aryl methyl sites for hydroxylation is 1.